The van der Waals surface area contributed by atoms with E-state index in [1.54, 1.807) is 0 Å². The molecule has 0 heterocycles. The van der Waals surface area contributed by atoms with Crippen molar-refractivity contribution in [3.63, 3.8) is 0 Å². The normalized spacial score (nSPS) is 51.3. The smallest absolute Gasteiger partial charge is 0.00850 e. The molecule has 0 heteroatoms. The summed E-state index contributed by atoms with van der Waals surface area (Å²) in [6.45, 7) is 10.2. The SMILES string of the molecule is CCC1CCC2C3=C(CC[C@]12C)[C@@]1(C)CC[C@@H](C)C[C@H]1CC3. The monoisotopic (exact) mass is 300 g/mol. The van der Waals surface area contributed by atoms with Gasteiger partial charge in [0.2, 0.25) is 0 Å². The van der Waals surface area contributed by atoms with E-state index < -0.39 is 0 Å². The lowest BCUT2D eigenvalue weighted by atomic mass is 9.50. The van der Waals surface area contributed by atoms with Gasteiger partial charge < -0.3 is 0 Å². The summed E-state index contributed by atoms with van der Waals surface area (Å²) in [5.41, 5.74) is 5.21. The van der Waals surface area contributed by atoms with Crippen molar-refractivity contribution >= 4 is 0 Å². The topological polar surface area (TPSA) is 0 Å². The largest absolute Gasteiger partial charge is 0.0668 e. The Morgan fingerprint density at radius 2 is 1.82 bits per heavy atom. The molecule has 4 aliphatic carbocycles. The lowest BCUT2D eigenvalue weighted by Crippen LogP contribution is -2.44. The van der Waals surface area contributed by atoms with Crippen LogP contribution >= 0.6 is 0 Å². The van der Waals surface area contributed by atoms with E-state index in [0.29, 0.717) is 10.8 Å². The minimum absolute atomic E-state index is 0.589. The lowest BCUT2D eigenvalue weighted by molar-refractivity contribution is 0.0662. The van der Waals surface area contributed by atoms with E-state index in [1.165, 1.54) is 64.2 Å². The summed E-state index contributed by atoms with van der Waals surface area (Å²) < 4.78 is 0. The summed E-state index contributed by atoms with van der Waals surface area (Å²) in [5.74, 6) is 3.94. The van der Waals surface area contributed by atoms with E-state index in [1.807, 2.05) is 11.1 Å². The molecule has 0 bridgehead atoms. The van der Waals surface area contributed by atoms with Gasteiger partial charge in [-0.25, -0.2) is 0 Å². The van der Waals surface area contributed by atoms with Crippen LogP contribution in [0.2, 0.25) is 0 Å². The fraction of sp³-hybridized carbons (Fsp3) is 0.909. The minimum Gasteiger partial charge on any atom is -0.0668 e. The molecule has 0 nitrogen and oxygen atoms in total. The fourth-order valence-electron chi connectivity index (χ4n) is 7.45. The molecule has 0 spiro atoms. The van der Waals surface area contributed by atoms with Gasteiger partial charge in [-0.15, -0.1) is 0 Å². The van der Waals surface area contributed by atoms with Crippen molar-refractivity contribution in [3.8, 4) is 0 Å². The van der Waals surface area contributed by atoms with Gasteiger partial charge in [-0.2, -0.15) is 0 Å². The van der Waals surface area contributed by atoms with E-state index in [0.717, 1.165) is 23.7 Å². The fourth-order valence-corrected chi connectivity index (χ4v) is 7.45. The highest BCUT2D eigenvalue weighted by atomic mass is 14.6. The second-order valence-electron chi connectivity index (χ2n) is 9.78. The molecule has 124 valence electrons. The third-order valence-electron chi connectivity index (χ3n) is 8.94. The van der Waals surface area contributed by atoms with Gasteiger partial charge in [-0.3, -0.25) is 0 Å². The maximum atomic E-state index is 2.66. The van der Waals surface area contributed by atoms with Crippen LogP contribution in [0, 0.1) is 34.5 Å². The van der Waals surface area contributed by atoms with Crippen LogP contribution in [0.15, 0.2) is 11.1 Å². The van der Waals surface area contributed by atoms with Gasteiger partial charge >= 0.3 is 0 Å². The van der Waals surface area contributed by atoms with E-state index in [9.17, 15) is 0 Å². The van der Waals surface area contributed by atoms with Crippen molar-refractivity contribution in [2.45, 2.75) is 91.9 Å². The molecular formula is C22H36. The van der Waals surface area contributed by atoms with Gasteiger partial charge in [-0.1, -0.05) is 45.3 Å². The molecule has 2 fully saturated rings. The first-order valence-corrected chi connectivity index (χ1v) is 10.2. The summed E-state index contributed by atoms with van der Waals surface area (Å²) in [6, 6.07) is 0. The van der Waals surface area contributed by atoms with E-state index >= 15 is 0 Å². The molecule has 0 aromatic heterocycles. The molecule has 4 rings (SSSR count). The van der Waals surface area contributed by atoms with Crippen LogP contribution in [0.25, 0.3) is 0 Å². The minimum atomic E-state index is 0.589. The second-order valence-corrected chi connectivity index (χ2v) is 9.78. The zero-order valence-electron chi connectivity index (χ0n) is 15.4. The Bertz CT molecular complexity index is 486. The van der Waals surface area contributed by atoms with Gasteiger partial charge in [0, 0.05) is 0 Å². The van der Waals surface area contributed by atoms with Crippen LogP contribution < -0.4 is 0 Å². The lowest BCUT2D eigenvalue weighted by Gasteiger charge is -2.55. The quantitative estimate of drug-likeness (QED) is 0.469. The molecular weight excluding hydrogens is 264 g/mol. The standard InChI is InChI=1S/C22H36/c1-5-16-7-9-19-18-8-6-17-14-15(2)10-12-22(17,4)20(18)11-13-21(16,19)3/h15-17,19H,5-14H2,1-4H3/t15-,16?,17-,19?,21-,22+/m1/s1. The number of hydrogen-bond donors (Lipinski definition) is 0. The molecule has 6 atom stereocenters. The van der Waals surface area contributed by atoms with Gasteiger partial charge in [0.25, 0.3) is 0 Å². The van der Waals surface area contributed by atoms with Gasteiger partial charge in [0.1, 0.15) is 0 Å². The number of allylic oxidation sites excluding steroid dienone is 2. The van der Waals surface area contributed by atoms with Crippen molar-refractivity contribution in [2.75, 3.05) is 0 Å². The van der Waals surface area contributed by atoms with Crippen molar-refractivity contribution in [1.82, 2.24) is 0 Å². The van der Waals surface area contributed by atoms with Crippen LogP contribution in [0.4, 0.5) is 0 Å². The van der Waals surface area contributed by atoms with Crippen molar-refractivity contribution in [3.05, 3.63) is 11.1 Å². The van der Waals surface area contributed by atoms with Crippen molar-refractivity contribution in [1.29, 1.82) is 0 Å². The highest BCUT2D eigenvalue weighted by molar-refractivity contribution is 5.34. The average Bonchev–Trinajstić information content (AvgIpc) is 2.84. The van der Waals surface area contributed by atoms with Gasteiger partial charge in [0.05, 0.1) is 0 Å². The third kappa shape index (κ3) is 1.94. The molecule has 2 saturated carbocycles. The van der Waals surface area contributed by atoms with Crippen LogP contribution in [0.3, 0.4) is 0 Å². The third-order valence-corrected chi connectivity index (χ3v) is 8.94. The van der Waals surface area contributed by atoms with Gasteiger partial charge in [-0.05, 0) is 92.3 Å². The molecule has 2 unspecified atom stereocenters. The maximum Gasteiger partial charge on any atom is -0.00850 e. The molecule has 0 aromatic carbocycles. The zero-order chi connectivity index (χ0) is 15.5. The Morgan fingerprint density at radius 1 is 1.00 bits per heavy atom. The predicted octanol–water partition coefficient (Wildman–Crippen LogP) is 6.76. The molecule has 4 aliphatic rings. The molecule has 0 aromatic rings. The second kappa shape index (κ2) is 5.12. The highest BCUT2D eigenvalue weighted by Crippen LogP contribution is 2.65. The summed E-state index contributed by atoms with van der Waals surface area (Å²) in [6.07, 6.45) is 14.8. The Morgan fingerprint density at radius 3 is 2.59 bits per heavy atom. The first-order chi connectivity index (χ1) is 10.5. The zero-order valence-corrected chi connectivity index (χ0v) is 15.4. The van der Waals surface area contributed by atoms with Gasteiger partial charge in [0.15, 0.2) is 0 Å². The molecule has 0 amide bonds. The summed E-state index contributed by atoms with van der Waals surface area (Å²) in [4.78, 5) is 0. The van der Waals surface area contributed by atoms with E-state index in [-0.39, 0.29) is 0 Å². The first-order valence-electron chi connectivity index (χ1n) is 10.2. The molecule has 0 radical (unpaired) electrons. The van der Waals surface area contributed by atoms with E-state index in [4.69, 9.17) is 0 Å². The van der Waals surface area contributed by atoms with Crippen LogP contribution in [0.1, 0.15) is 91.9 Å². The maximum absolute atomic E-state index is 2.66. The summed E-state index contributed by atoms with van der Waals surface area (Å²) >= 11 is 0. The highest BCUT2D eigenvalue weighted by Gasteiger charge is 2.54. The average molecular weight is 301 g/mol. The molecule has 0 saturated heterocycles. The molecule has 0 aliphatic heterocycles. The number of rotatable bonds is 1. The first kappa shape index (κ1) is 15.3. The Kier molecular flexibility index (Phi) is 3.55. The van der Waals surface area contributed by atoms with Crippen molar-refractivity contribution in [2.24, 2.45) is 34.5 Å². The van der Waals surface area contributed by atoms with Crippen LogP contribution in [-0.2, 0) is 0 Å². The summed E-state index contributed by atoms with van der Waals surface area (Å²) in [5, 5.41) is 0. The summed E-state index contributed by atoms with van der Waals surface area (Å²) in [7, 11) is 0. The van der Waals surface area contributed by atoms with Crippen LogP contribution in [-0.4, -0.2) is 0 Å². The Labute approximate surface area is 138 Å². The van der Waals surface area contributed by atoms with E-state index in [2.05, 4.69) is 27.7 Å². The Hall–Kier alpha value is -0.260. The van der Waals surface area contributed by atoms with Crippen molar-refractivity contribution < 1.29 is 0 Å². The number of hydrogen-bond acceptors (Lipinski definition) is 0. The Balaban J connectivity index is 1.71. The molecule has 22 heavy (non-hydrogen) atoms. The molecule has 0 N–H and O–H groups in total. The number of fused-ring (bicyclic) bond motifs is 4. The predicted molar refractivity (Wildman–Crippen MR) is 94.7 cm³/mol. The van der Waals surface area contributed by atoms with Crippen LogP contribution in [0.5, 0.6) is 0 Å².